The molecular formula is C12H14FNO3. The highest BCUT2D eigenvalue weighted by Crippen LogP contribution is 2.12. The highest BCUT2D eigenvalue weighted by Gasteiger charge is 2.21. The molecule has 0 saturated carbocycles. The van der Waals surface area contributed by atoms with Crippen molar-refractivity contribution in [1.29, 1.82) is 0 Å². The van der Waals surface area contributed by atoms with Gasteiger partial charge in [-0.3, -0.25) is 14.6 Å². The zero-order valence-corrected chi connectivity index (χ0v) is 9.77. The van der Waals surface area contributed by atoms with Crippen molar-refractivity contribution < 1.29 is 18.7 Å². The third-order valence-electron chi connectivity index (χ3n) is 2.20. The summed E-state index contributed by atoms with van der Waals surface area (Å²) in [5, 5.41) is 0. The average Bonchev–Trinajstić information content (AvgIpc) is 2.29. The molecule has 0 bridgehead atoms. The summed E-state index contributed by atoms with van der Waals surface area (Å²) in [5.74, 6) is -2.22. The third-order valence-corrected chi connectivity index (χ3v) is 2.20. The van der Waals surface area contributed by atoms with Crippen LogP contribution in [0.4, 0.5) is 4.39 Å². The Kier molecular flexibility index (Phi) is 4.75. The fourth-order valence-corrected chi connectivity index (χ4v) is 1.33. The molecule has 0 aliphatic carbocycles. The molecule has 0 aromatic carbocycles. The van der Waals surface area contributed by atoms with Crippen LogP contribution in [-0.4, -0.2) is 23.3 Å². The van der Waals surface area contributed by atoms with Gasteiger partial charge in [0.2, 0.25) is 0 Å². The lowest BCUT2D eigenvalue weighted by molar-refractivity contribution is -0.147. The first-order valence-corrected chi connectivity index (χ1v) is 5.36. The lowest BCUT2D eigenvalue weighted by Gasteiger charge is -2.09. The van der Waals surface area contributed by atoms with Gasteiger partial charge in [0.05, 0.1) is 12.5 Å². The molecule has 0 saturated heterocycles. The van der Waals surface area contributed by atoms with Crippen molar-refractivity contribution >= 4 is 11.8 Å². The molecule has 1 aromatic rings. The lowest BCUT2D eigenvalue weighted by Crippen LogP contribution is -2.19. The van der Waals surface area contributed by atoms with E-state index in [1.807, 2.05) is 0 Å². The summed E-state index contributed by atoms with van der Waals surface area (Å²) in [5.41, 5.74) is -0.233. The maximum atomic E-state index is 13.2. The lowest BCUT2D eigenvalue weighted by atomic mass is 10.0. The Hall–Kier alpha value is -1.78. The number of ketones is 1. The van der Waals surface area contributed by atoms with Crippen LogP contribution in [0.2, 0.25) is 0 Å². The van der Waals surface area contributed by atoms with E-state index in [2.05, 4.69) is 4.98 Å². The molecule has 1 atom stereocenters. The van der Waals surface area contributed by atoms with Crippen LogP contribution in [0.25, 0.3) is 0 Å². The quantitative estimate of drug-likeness (QED) is 0.582. The van der Waals surface area contributed by atoms with Crippen LogP contribution in [0.3, 0.4) is 0 Å². The summed E-state index contributed by atoms with van der Waals surface area (Å²) < 4.78 is 18.0. The van der Waals surface area contributed by atoms with E-state index in [4.69, 9.17) is 4.74 Å². The largest absolute Gasteiger partial charge is 0.466 e. The van der Waals surface area contributed by atoms with Gasteiger partial charge < -0.3 is 4.74 Å². The van der Waals surface area contributed by atoms with E-state index in [0.717, 1.165) is 6.07 Å². The second-order valence-corrected chi connectivity index (χ2v) is 3.61. The van der Waals surface area contributed by atoms with Crippen molar-refractivity contribution in [1.82, 2.24) is 4.98 Å². The monoisotopic (exact) mass is 239 g/mol. The van der Waals surface area contributed by atoms with Gasteiger partial charge in [0, 0.05) is 12.6 Å². The van der Waals surface area contributed by atoms with E-state index in [9.17, 15) is 14.0 Å². The van der Waals surface area contributed by atoms with E-state index in [1.165, 1.54) is 12.3 Å². The standard InChI is InChI=1S/C12H14FNO3/c1-3-17-12(16)8(2)7-10(15)11-9(13)5-4-6-14-11/h4-6,8H,3,7H2,1-2H3. The fourth-order valence-electron chi connectivity index (χ4n) is 1.33. The summed E-state index contributed by atoms with van der Waals surface area (Å²) in [6.45, 7) is 3.51. The van der Waals surface area contributed by atoms with E-state index in [-0.39, 0.29) is 18.7 Å². The second kappa shape index (κ2) is 6.08. The molecule has 0 fully saturated rings. The van der Waals surface area contributed by atoms with Crippen LogP contribution in [0.5, 0.6) is 0 Å². The molecule has 1 unspecified atom stereocenters. The van der Waals surface area contributed by atoms with E-state index in [1.54, 1.807) is 13.8 Å². The number of halogens is 1. The highest BCUT2D eigenvalue weighted by molar-refractivity contribution is 5.96. The molecule has 5 heteroatoms. The van der Waals surface area contributed by atoms with Crippen molar-refractivity contribution in [2.45, 2.75) is 20.3 Å². The van der Waals surface area contributed by atoms with Gasteiger partial charge in [0.1, 0.15) is 5.69 Å². The number of carbonyl (C=O) groups is 2. The number of carbonyl (C=O) groups excluding carboxylic acids is 2. The van der Waals surface area contributed by atoms with Gasteiger partial charge in [0.25, 0.3) is 0 Å². The highest BCUT2D eigenvalue weighted by atomic mass is 19.1. The summed E-state index contributed by atoms with van der Waals surface area (Å²) in [7, 11) is 0. The molecule has 17 heavy (non-hydrogen) atoms. The number of hydrogen-bond acceptors (Lipinski definition) is 4. The molecular weight excluding hydrogens is 225 g/mol. The molecule has 4 nitrogen and oxygen atoms in total. The van der Waals surface area contributed by atoms with Gasteiger partial charge in [-0.15, -0.1) is 0 Å². The average molecular weight is 239 g/mol. The minimum absolute atomic E-state index is 0.104. The predicted octanol–water partition coefficient (Wildman–Crippen LogP) is 1.99. The normalized spacial score (nSPS) is 11.9. The van der Waals surface area contributed by atoms with Gasteiger partial charge in [-0.05, 0) is 19.1 Å². The Labute approximate surface area is 98.8 Å². The third kappa shape index (κ3) is 3.62. The molecule has 0 radical (unpaired) electrons. The molecule has 1 aromatic heterocycles. The van der Waals surface area contributed by atoms with Crippen LogP contribution in [-0.2, 0) is 9.53 Å². The van der Waals surface area contributed by atoms with Gasteiger partial charge >= 0.3 is 5.97 Å². The molecule has 0 spiro atoms. The molecule has 0 aliphatic heterocycles. The molecule has 1 rings (SSSR count). The minimum Gasteiger partial charge on any atom is -0.466 e. The van der Waals surface area contributed by atoms with E-state index >= 15 is 0 Å². The van der Waals surface area contributed by atoms with Gasteiger partial charge in [0.15, 0.2) is 11.6 Å². The summed E-state index contributed by atoms with van der Waals surface area (Å²) in [6.07, 6.45) is 1.23. The number of nitrogens with zero attached hydrogens (tertiary/aromatic N) is 1. The molecule has 0 N–H and O–H groups in total. The summed E-state index contributed by atoms with van der Waals surface area (Å²) in [4.78, 5) is 26.6. The molecule has 0 amide bonds. The summed E-state index contributed by atoms with van der Waals surface area (Å²) >= 11 is 0. The van der Waals surface area contributed by atoms with E-state index < -0.39 is 23.5 Å². The summed E-state index contributed by atoms with van der Waals surface area (Å²) in [6, 6.07) is 2.57. The smallest absolute Gasteiger partial charge is 0.309 e. The van der Waals surface area contributed by atoms with Crippen LogP contribution < -0.4 is 0 Å². The Morgan fingerprint density at radius 2 is 2.24 bits per heavy atom. The predicted molar refractivity (Wildman–Crippen MR) is 58.9 cm³/mol. The molecule has 92 valence electrons. The second-order valence-electron chi connectivity index (χ2n) is 3.61. The van der Waals surface area contributed by atoms with Crippen molar-refractivity contribution in [2.75, 3.05) is 6.61 Å². The van der Waals surface area contributed by atoms with E-state index in [0.29, 0.717) is 0 Å². The van der Waals surface area contributed by atoms with Gasteiger partial charge in [-0.2, -0.15) is 0 Å². The maximum absolute atomic E-state index is 13.2. The number of ether oxygens (including phenoxy) is 1. The zero-order valence-electron chi connectivity index (χ0n) is 9.77. The minimum atomic E-state index is -0.673. The number of pyridine rings is 1. The van der Waals surface area contributed by atoms with Crippen molar-refractivity contribution in [3.05, 3.63) is 29.8 Å². The molecule has 1 heterocycles. The van der Waals surface area contributed by atoms with Crippen molar-refractivity contribution in [2.24, 2.45) is 5.92 Å². The topological polar surface area (TPSA) is 56.3 Å². The SMILES string of the molecule is CCOC(=O)C(C)CC(=O)c1ncccc1F. The Balaban J connectivity index is 2.67. The van der Waals surface area contributed by atoms with Crippen molar-refractivity contribution in [3.63, 3.8) is 0 Å². The Morgan fingerprint density at radius 3 is 2.82 bits per heavy atom. The first-order valence-electron chi connectivity index (χ1n) is 5.36. The van der Waals surface area contributed by atoms with Gasteiger partial charge in [-0.1, -0.05) is 6.92 Å². The Morgan fingerprint density at radius 1 is 1.53 bits per heavy atom. The van der Waals surface area contributed by atoms with Crippen LogP contribution in [0.15, 0.2) is 18.3 Å². The Bertz CT molecular complexity index is 420. The van der Waals surface area contributed by atoms with Gasteiger partial charge in [-0.25, -0.2) is 4.39 Å². The number of Topliss-reactive ketones (excluding diaryl/α,β-unsaturated/α-hetero) is 1. The molecule has 0 aliphatic rings. The zero-order chi connectivity index (χ0) is 12.8. The number of rotatable bonds is 5. The first-order chi connectivity index (χ1) is 8.06. The maximum Gasteiger partial charge on any atom is 0.309 e. The van der Waals surface area contributed by atoms with Crippen LogP contribution in [0, 0.1) is 11.7 Å². The fraction of sp³-hybridized carbons (Fsp3) is 0.417. The van der Waals surface area contributed by atoms with Crippen LogP contribution in [0.1, 0.15) is 30.8 Å². The number of esters is 1. The van der Waals surface area contributed by atoms with Crippen LogP contribution >= 0.6 is 0 Å². The van der Waals surface area contributed by atoms with Crippen molar-refractivity contribution in [3.8, 4) is 0 Å². The first kappa shape index (κ1) is 13.3. The number of hydrogen-bond donors (Lipinski definition) is 0. The number of aromatic nitrogens is 1.